The third kappa shape index (κ3) is 2.84. The van der Waals surface area contributed by atoms with E-state index in [-0.39, 0.29) is 11.4 Å². The first-order valence-electron chi connectivity index (χ1n) is 5.45. The van der Waals surface area contributed by atoms with Gasteiger partial charge in [-0.3, -0.25) is 0 Å². The molecule has 1 unspecified atom stereocenters. The number of hydrogen-bond donors (Lipinski definition) is 1. The second-order valence-electron chi connectivity index (χ2n) is 3.86. The molecule has 17 heavy (non-hydrogen) atoms. The zero-order valence-electron chi connectivity index (χ0n) is 9.32. The maximum absolute atomic E-state index is 12.2. The van der Waals surface area contributed by atoms with Crippen molar-refractivity contribution >= 4 is 10.0 Å². The van der Waals surface area contributed by atoms with E-state index in [1.807, 2.05) is 0 Å². The Kier molecular flexibility index (Phi) is 3.78. The van der Waals surface area contributed by atoms with Crippen LogP contribution in [0.4, 0.5) is 0 Å². The van der Waals surface area contributed by atoms with Crippen LogP contribution in [0.2, 0.25) is 0 Å². The van der Waals surface area contributed by atoms with E-state index in [2.05, 4.69) is 0 Å². The van der Waals surface area contributed by atoms with E-state index in [4.69, 9.17) is 4.74 Å². The summed E-state index contributed by atoms with van der Waals surface area (Å²) in [6.07, 6.45) is -0.459. The van der Waals surface area contributed by atoms with Gasteiger partial charge < -0.3 is 9.84 Å². The lowest BCUT2D eigenvalue weighted by Crippen LogP contribution is -2.36. The van der Waals surface area contributed by atoms with Gasteiger partial charge in [-0.2, -0.15) is 4.31 Å². The Labute approximate surface area is 101 Å². The van der Waals surface area contributed by atoms with Gasteiger partial charge in [-0.15, -0.1) is 0 Å². The van der Waals surface area contributed by atoms with Crippen LogP contribution in [0, 0.1) is 0 Å². The molecule has 1 aromatic rings. The topological polar surface area (TPSA) is 66.8 Å². The maximum atomic E-state index is 12.2. The summed E-state index contributed by atoms with van der Waals surface area (Å²) >= 11 is 0. The lowest BCUT2D eigenvalue weighted by Gasteiger charge is -2.20. The van der Waals surface area contributed by atoms with Crippen molar-refractivity contribution in [3.63, 3.8) is 0 Å². The molecule has 1 aliphatic rings. The Morgan fingerprint density at radius 3 is 2.71 bits per heavy atom. The van der Waals surface area contributed by atoms with Gasteiger partial charge in [0, 0.05) is 6.54 Å². The minimum absolute atomic E-state index is 0.0166. The van der Waals surface area contributed by atoms with Crippen LogP contribution in [-0.4, -0.2) is 43.8 Å². The number of benzene rings is 1. The standard InChI is InChI=1S/C11H15NO4S/c13-11-9-12(7-4-8-16-11)17(14,15)10-5-2-1-3-6-10/h1-3,5-6,11,13H,4,7-9H2. The number of ether oxygens (including phenoxy) is 1. The fourth-order valence-electron chi connectivity index (χ4n) is 1.74. The summed E-state index contributed by atoms with van der Waals surface area (Å²) in [6.45, 7) is 0.730. The minimum Gasteiger partial charge on any atom is -0.367 e. The molecule has 5 nitrogen and oxygen atoms in total. The number of aliphatic hydroxyl groups excluding tert-OH is 1. The predicted molar refractivity (Wildman–Crippen MR) is 61.8 cm³/mol. The number of nitrogens with zero attached hydrogens (tertiary/aromatic N) is 1. The summed E-state index contributed by atoms with van der Waals surface area (Å²) in [6, 6.07) is 8.22. The highest BCUT2D eigenvalue weighted by molar-refractivity contribution is 7.89. The minimum atomic E-state index is -3.52. The SMILES string of the molecule is O=S(=O)(c1ccccc1)N1CCCOC(O)C1. The zero-order chi connectivity index (χ0) is 12.3. The quantitative estimate of drug-likeness (QED) is 0.833. The maximum Gasteiger partial charge on any atom is 0.243 e. The fourth-order valence-corrected chi connectivity index (χ4v) is 3.23. The molecular formula is C11H15NO4S. The summed E-state index contributed by atoms with van der Waals surface area (Å²) in [4.78, 5) is 0.245. The van der Waals surface area contributed by atoms with Gasteiger partial charge in [0.1, 0.15) is 0 Å². The van der Waals surface area contributed by atoms with Crippen molar-refractivity contribution in [1.29, 1.82) is 0 Å². The van der Waals surface area contributed by atoms with Crippen molar-refractivity contribution in [2.24, 2.45) is 0 Å². The van der Waals surface area contributed by atoms with E-state index in [9.17, 15) is 13.5 Å². The predicted octanol–water partition coefficient (Wildman–Crippen LogP) is 0.416. The van der Waals surface area contributed by atoms with E-state index in [1.165, 1.54) is 4.31 Å². The number of β-amino-alcohol motifs (C(OH)–C–C–N with tert-alkyl or cyclic N) is 1. The third-order valence-corrected chi connectivity index (χ3v) is 4.48. The Balaban J connectivity index is 2.26. The van der Waals surface area contributed by atoms with Gasteiger partial charge in [-0.1, -0.05) is 18.2 Å². The molecular weight excluding hydrogens is 242 g/mol. The van der Waals surface area contributed by atoms with E-state index >= 15 is 0 Å². The largest absolute Gasteiger partial charge is 0.367 e. The van der Waals surface area contributed by atoms with Crippen LogP contribution in [0.3, 0.4) is 0 Å². The average Bonchev–Trinajstić information content (AvgIpc) is 2.55. The zero-order valence-corrected chi connectivity index (χ0v) is 10.1. The van der Waals surface area contributed by atoms with E-state index in [0.717, 1.165) is 0 Å². The molecule has 2 rings (SSSR count). The first-order chi connectivity index (χ1) is 8.10. The summed E-state index contributed by atoms with van der Waals surface area (Å²) in [5.41, 5.74) is 0. The number of aliphatic hydroxyl groups is 1. The van der Waals surface area contributed by atoms with Gasteiger partial charge >= 0.3 is 0 Å². The Morgan fingerprint density at radius 2 is 2.00 bits per heavy atom. The Bertz CT molecular complexity index is 460. The average molecular weight is 257 g/mol. The summed E-state index contributed by atoms with van der Waals surface area (Å²) < 4.78 is 30.8. The van der Waals surface area contributed by atoms with Gasteiger partial charge in [0.2, 0.25) is 10.0 Å². The molecule has 1 heterocycles. The molecule has 0 bridgehead atoms. The molecule has 0 aromatic heterocycles. The van der Waals surface area contributed by atoms with Crippen LogP contribution in [0.5, 0.6) is 0 Å². The van der Waals surface area contributed by atoms with Gasteiger partial charge in [-0.25, -0.2) is 8.42 Å². The molecule has 1 aromatic carbocycles. The van der Waals surface area contributed by atoms with Crippen molar-refractivity contribution in [2.45, 2.75) is 17.6 Å². The summed E-state index contributed by atoms with van der Waals surface area (Å²) in [5.74, 6) is 0. The molecule has 1 atom stereocenters. The molecule has 1 aliphatic heterocycles. The van der Waals surface area contributed by atoms with Crippen LogP contribution >= 0.6 is 0 Å². The summed E-state index contributed by atoms with van der Waals surface area (Å²) in [7, 11) is -3.52. The van der Waals surface area contributed by atoms with Crippen molar-refractivity contribution in [3.8, 4) is 0 Å². The van der Waals surface area contributed by atoms with Gasteiger partial charge in [-0.05, 0) is 18.6 Å². The third-order valence-electron chi connectivity index (χ3n) is 2.60. The van der Waals surface area contributed by atoms with E-state index < -0.39 is 16.3 Å². The molecule has 0 spiro atoms. The smallest absolute Gasteiger partial charge is 0.243 e. The van der Waals surface area contributed by atoms with E-state index in [1.54, 1.807) is 30.3 Å². The van der Waals surface area contributed by atoms with Crippen LogP contribution in [-0.2, 0) is 14.8 Å². The normalized spacial score (nSPS) is 23.2. The van der Waals surface area contributed by atoms with Crippen LogP contribution in [0.1, 0.15) is 6.42 Å². The molecule has 0 saturated carbocycles. The Morgan fingerprint density at radius 1 is 1.29 bits per heavy atom. The highest BCUT2D eigenvalue weighted by Gasteiger charge is 2.28. The molecule has 1 fully saturated rings. The van der Waals surface area contributed by atoms with Crippen LogP contribution in [0.25, 0.3) is 0 Å². The summed E-state index contributed by atoms with van der Waals surface area (Å²) in [5, 5.41) is 9.44. The van der Waals surface area contributed by atoms with Crippen molar-refractivity contribution in [3.05, 3.63) is 30.3 Å². The highest BCUT2D eigenvalue weighted by Crippen LogP contribution is 2.17. The van der Waals surface area contributed by atoms with Crippen LogP contribution < -0.4 is 0 Å². The molecule has 94 valence electrons. The van der Waals surface area contributed by atoms with Gasteiger partial charge in [0.05, 0.1) is 18.0 Å². The molecule has 0 amide bonds. The first-order valence-corrected chi connectivity index (χ1v) is 6.89. The monoisotopic (exact) mass is 257 g/mol. The van der Waals surface area contributed by atoms with Gasteiger partial charge in [0.25, 0.3) is 0 Å². The van der Waals surface area contributed by atoms with Gasteiger partial charge in [0.15, 0.2) is 6.29 Å². The number of rotatable bonds is 2. The molecule has 6 heteroatoms. The molecule has 0 aliphatic carbocycles. The van der Waals surface area contributed by atoms with E-state index in [0.29, 0.717) is 19.6 Å². The van der Waals surface area contributed by atoms with Crippen molar-refractivity contribution in [1.82, 2.24) is 4.31 Å². The number of hydrogen-bond acceptors (Lipinski definition) is 4. The lowest BCUT2D eigenvalue weighted by atomic mass is 10.4. The molecule has 0 radical (unpaired) electrons. The number of sulfonamides is 1. The molecule has 1 saturated heterocycles. The Hall–Kier alpha value is -0.950. The fraction of sp³-hybridized carbons (Fsp3) is 0.455. The molecule has 1 N–H and O–H groups in total. The van der Waals surface area contributed by atoms with Crippen molar-refractivity contribution in [2.75, 3.05) is 19.7 Å². The lowest BCUT2D eigenvalue weighted by molar-refractivity contribution is -0.0926. The second kappa shape index (κ2) is 5.14. The second-order valence-corrected chi connectivity index (χ2v) is 5.79. The van der Waals surface area contributed by atoms with Crippen molar-refractivity contribution < 1.29 is 18.3 Å². The van der Waals surface area contributed by atoms with Crippen LogP contribution in [0.15, 0.2) is 35.2 Å². The highest BCUT2D eigenvalue weighted by atomic mass is 32.2. The first kappa shape index (κ1) is 12.5.